The van der Waals surface area contributed by atoms with E-state index >= 15 is 0 Å². The van der Waals surface area contributed by atoms with Crippen LogP contribution in [0.2, 0.25) is 0 Å². The van der Waals surface area contributed by atoms with Crippen LogP contribution in [0.1, 0.15) is 42.3 Å². The van der Waals surface area contributed by atoms with Crippen LogP contribution in [-0.2, 0) is 16.1 Å². The number of alkyl carbamates (subject to hydrolysis) is 1. The van der Waals surface area contributed by atoms with E-state index in [0.717, 1.165) is 11.1 Å². The van der Waals surface area contributed by atoms with Crippen molar-refractivity contribution in [1.29, 1.82) is 0 Å². The molecule has 2 aromatic rings. The summed E-state index contributed by atoms with van der Waals surface area (Å²) in [5.74, 6) is -0.342. The van der Waals surface area contributed by atoms with E-state index < -0.39 is 23.5 Å². The zero-order valence-corrected chi connectivity index (χ0v) is 17.6. The maximum atomic E-state index is 12.2. The average Bonchev–Trinajstić information content (AvgIpc) is 2.69. The summed E-state index contributed by atoms with van der Waals surface area (Å²) in [6, 6.07) is 13.9. The number of aryl methyl sites for hydroxylation is 1. The third kappa shape index (κ3) is 7.83. The maximum Gasteiger partial charge on any atom is 0.407 e. The number of hydrazine groups is 1. The Hall–Kier alpha value is -3.55. The van der Waals surface area contributed by atoms with Gasteiger partial charge >= 0.3 is 6.09 Å². The van der Waals surface area contributed by atoms with Crippen molar-refractivity contribution in [3.63, 3.8) is 0 Å². The Kier molecular flexibility index (Phi) is 7.80. The van der Waals surface area contributed by atoms with Crippen LogP contribution in [0.25, 0.3) is 0 Å². The molecule has 0 unspecified atom stereocenters. The van der Waals surface area contributed by atoms with Gasteiger partial charge in [0.2, 0.25) is 0 Å². The molecule has 0 spiro atoms. The number of ether oxygens (including phenoxy) is 2. The number of carbonyl (C=O) groups is 3. The van der Waals surface area contributed by atoms with Crippen molar-refractivity contribution in [2.75, 3.05) is 6.61 Å². The van der Waals surface area contributed by atoms with E-state index in [4.69, 9.17) is 9.47 Å². The van der Waals surface area contributed by atoms with E-state index in [-0.39, 0.29) is 13.2 Å². The van der Waals surface area contributed by atoms with Gasteiger partial charge in [-0.2, -0.15) is 0 Å². The van der Waals surface area contributed by atoms with Crippen LogP contribution < -0.4 is 20.9 Å². The van der Waals surface area contributed by atoms with Crippen LogP contribution >= 0.6 is 0 Å². The molecule has 30 heavy (non-hydrogen) atoms. The fourth-order valence-electron chi connectivity index (χ4n) is 2.36. The van der Waals surface area contributed by atoms with Gasteiger partial charge in [-0.05, 0) is 57.0 Å². The van der Waals surface area contributed by atoms with E-state index in [1.807, 2.05) is 25.1 Å². The first-order valence-electron chi connectivity index (χ1n) is 9.47. The van der Waals surface area contributed by atoms with Gasteiger partial charge in [-0.25, -0.2) is 4.79 Å². The molecule has 2 rings (SSSR count). The molecule has 0 heterocycles. The lowest BCUT2D eigenvalue weighted by Crippen LogP contribution is -2.43. The second-order valence-corrected chi connectivity index (χ2v) is 7.61. The monoisotopic (exact) mass is 413 g/mol. The van der Waals surface area contributed by atoms with Crippen molar-refractivity contribution >= 4 is 17.9 Å². The predicted octanol–water partition coefficient (Wildman–Crippen LogP) is 2.86. The number of rotatable bonds is 6. The van der Waals surface area contributed by atoms with Crippen LogP contribution in [0.5, 0.6) is 5.75 Å². The summed E-state index contributed by atoms with van der Waals surface area (Å²) in [5, 5.41) is 2.64. The van der Waals surface area contributed by atoms with Gasteiger partial charge in [0.05, 0.1) is 0 Å². The molecule has 160 valence electrons. The molecule has 0 saturated heterocycles. The van der Waals surface area contributed by atoms with Crippen LogP contribution in [0.3, 0.4) is 0 Å². The largest absolute Gasteiger partial charge is 0.483 e. The Morgan fingerprint density at radius 3 is 2.23 bits per heavy atom. The number of benzene rings is 2. The predicted molar refractivity (Wildman–Crippen MR) is 112 cm³/mol. The molecule has 8 nitrogen and oxygen atoms in total. The molecule has 8 heteroatoms. The molecule has 0 atom stereocenters. The lowest BCUT2D eigenvalue weighted by atomic mass is 10.1. The highest BCUT2D eigenvalue weighted by Crippen LogP contribution is 2.15. The average molecular weight is 413 g/mol. The number of hydrogen-bond acceptors (Lipinski definition) is 5. The van der Waals surface area contributed by atoms with Crippen molar-refractivity contribution < 1.29 is 23.9 Å². The van der Waals surface area contributed by atoms with E-state index in [1.165, 1.54) is 0 Å². The number of amides is 3. The maximum absolute atomic E-state index is 12.2. The molecule has 0 aliphatic carbocycles. The molecule has 3 N–H and O–H groups in total. The van der Waals surface area contributed by atoms with Crippen LogP contribution in [0.4, 0.5) is 4.79 Å². The normalized spacial score (nSPS) is 10.7. The van der Waals surface area contributed by atoms with Gasteiger partial charge in [0.1, 0.15) is 11.4 Å². The first kappa shape index (κ1) is 22.7. The number of carbonyl (C=O) groups excluding carboxylic acids is 3. The summed E-state index contributed by atoms with van der Waals surface area (Å²) in [6.07, 6.45) is -0.514. The van der Waals surface area contributed by atoms with Crippen molar-refractivity contribution in [3.8, 4) is 5.75 Å². The molecule has 0 bridgehead atoms. The van der Waals surface area contributed by atoms with E-state index in [0.29, 0.717) is 11.3 Å². The minimum atomic E-state index is -0.568. The molecule has 2 aromatic carbocycles. The van der Waals surface area contributed by atoms with Gasteiger partial charge in [-0.15, -0.1) is 0 Å². The molecular weight excluding hydrogens is 386 g/mol. The Morgan fingerprint density at radius 2 is 1.60 bits per heavy atom. The quantitative estimate of drug-likeness (QED) is 0.632. The van der Waals surface area contributed by atoms with Crippen molar-refractivity contribution in [3.05, 3.63) is 65.2 Å². The van der Waals surface area contributed by atoms with Gasteiger partial charge in [-0.1, -0.05) is 30.3 Å². The molecular formula is C22H27N3O5. The molecule has 0 aliphatic heterocycles. The van der Waals surface area contributed by atoms with Crippen LogP contribution in [-0.4, -0.2) is 30.1 Å². The van der Waals surface area contributed by atoms with E-state index in [9.17, 15) is 14.4 Å². The van der Waals surface area contributed by atoms with Gasteiger partial charge in [-0.3, -0.25) is 20.4 Å². The van der Waals surface area contributed by atoms with Crippen molar-refractivity contribution in [1.82, 2.24) is 16.2 Å². The van der Waals surface area contributed by atoms with Gasteiger partial charge in [0, 0.05) is 12.1 Å². The zero-order chi connectivity index (χ0) is 22.1. The van der Waals surface area contributed by atoms with Gasteiger partial charge in [0.25, 0.3) is 11.8 Å². The van der Waals surface area contributed by atoms with Crippen molar-refractivity contribution in [2.24, 2.45) is 0 Å². The molecule has 0 fully saturated rings. The fraction of sp³-hybridized carbons (Fsp3) is 0.318. The van der Waals surface area contributed by atoms with Crippen LogP contribution in [0, 0.1) is 6.92 Å². The highest BCUT2D eigenvalue weighted by molar-refractivity contribution is 5.95. The minimum absolute atomic E-state index is 0.222. The highest BCUT2D eigenvalue weighted by Gasteiger charge is 2.15. The van der Waals surface area contributed by atoms with Crippen LogP contribution in [0.15, 0.2) is 48.5 Å². The highest BCUT2D eigenvalue weighted by atomic mass is 16.6. The van der Waals surface area contributed by atoms with E-state index in [2.05, 4.69) is 16.2 Å². The minimum Gasteiger partial charge on any atom is -0.483 e. The molecule has 0 radical (unpaired) electrons. The van der Waals surface area contributed by atoms with Gasteiger partial charge in [0.15, 0.2) is 6.61 Å². The molecule has 0 aliphatic rings. The summed E-state index contributed by atoms with van der Waals surface area (Å²) in [7, 11) is 0. The SMILES string of the molecule is Cc1ccccc1OCC(=O)NNC(=O)c1ccc(CNC(=O)OC(C)(C)C)cc1. The lowest BCUT2D eigenvalue weighted by molar-refractivity contribution is -0.123. The number of nitrogens with one attached hydrogen (secondary N) is 3. The smallest absolute Gasteiger partial charge is 0.407 e. The first-order valence-corrected chi connectivity index (χ1v) is 9.47. The second-order valence-electron chi connectivity index (χ2n) is 7.61. The fourth-order valence-corrected chi connectivity index (χ4v) is 2.36. The Bertz CT molecular complexity index is 888. The summed E-state index contributed by atoms with van der Waals surface area (Å²) >= 11 is 0. The Balaban J connectivity index is 1.75. The Labute approximate surface area is 175 Å². The third-order valence-corrected chi connectivity index (χ3v) is 3.82. The molecule has 0 saturated carbocycles. The second kappa shape index (κ2) is 10.3. The standard InChI is InChI=1S/C22H27N3O5/c1-15-7-5-6-8-18(15)29-14-19(26)24-25-20(27)17-11-9-16(10-12-17)13-23-21(28)30-22(2,3)4/h5-12H,13-14H2,1-4H3,(H,23,28)(H,24,26)(H,25,27). The number of hydrogen-bond donors (Lipinski definition) is 3. The topological polar surface area (TPSA) is 106 Å². The van der Waals surface area contributed by atoms with Gasteiger partial charge < -0.3 is 14.8 Å². The van der Waals surface area contributed by atoms with Crippen molar-refractivity contribution in [2.45, 2.75) is 39.8 Å². The molecule has 3 amide bonds. The third-order valence-electron chi connectivity index (χ3n) is 3.82. The summed E-state index contributed by atoms with van der Waals surface area (Å²) in [6.45, 7) is 7.28. The zero-order valence-electron chi connectivity index (χ0n) is 17.6. The Morgan fingerprint density at radius 1 is 0.933 bits per heavy atom. The summed E-state index contributed by atoms with van der Waals surface area (Å²) < 4.78 is 10.6. The molecule has 0 aromatic heterocycles. The number of para-hydroxylation sites is 1. The van der Waals surface area contributed by atoms with E-state index in [1.54, 1.807) is 51.1 Å². The lowest BCUT2D eigenvalue weighted by Gasteiger charge is -2.19. The first-order chi connectivity index (χ1) is 14.1. The summed E-state index contributed by atoms with van der Waals surface area (Å²) in [4.78, 5) is 35.7. The summed E-state index contributed by atoms with van der Waals surface area (Å²) in [5.41, 5.74) is 6.15.